The van der Waals surface area contributed by atoms with Crippen LogP contribution >= 0.6 is 23.2 Å². The molecule has 0 fully saturated rings. The molecule has 0 radical (unpaired) electrons. The van der Waals surface area contributed by atoms with Gasteiger partial charge in [0.25, 0.3) is 0 Å². The Balaban J connectivity index is 0.000000261. The van der Waals surface area contributed by atoms with Gasteiger partial charge in [0.15, 0.2) is 0 Å². The highest BCUT2D eigenvalue weighted by atomic mass is 35.5. The molecule has 0 aliphatic heterocycles. The second-order valence-electron chi connectivity index (χ2n) is 1.65. The van der Waals surface area contributed by atoms with Crippen LogP contribution in [0.5, 0.6) is 0 Å². The highest BCUT2D eigenvalue weighted by Gasteiger charge is 1.99. The van der Waals surface area contributed by atoms with Gasteiger partial charge < -0.3 is 5.11 Å². The lowest BCUT2D eigenvalue weighted by atomic mass is 10.5. The summed E-state index contributed by atoms with van der Waals surface area (Å²) in [7, 11) is 0. The van der Waals surface area contributed by atoms with Gasteiger partial charge in [0, 0.05) is 18.0 Å². The SMILES string of the molecule is ClCCCl.O=C(O)c1ccn[nH]1. The van der Waals surface area contributed by atoms with Crippen molar-refractivity contribution in [1.29, 1.82) is 0 Å². The van der Waals surface area contributed by atoms with Crippen molar-refractivity contribution in [2.45, 2.75) is 0 Å². The molecule has 1 aromatic rings. The number of aromatic carboxylic acids is 1. The van der Waals surface area contributed by atoms with Crippen LogP contribution in [0.2, 0.25) is 0 Å². The van der Waals surface area contributed by atoms with E-state index in [0.717, 1.165) is 0 Å². The third-order valence-corrected chi connectivity index (χ3v) is 1.37. The van der Waals surface area contributed by atoms with Gasteiger partial charge in [-0.1, -0.05) is 0 Å². The topological polar surface area (TPSA) is 66.0 Å². The monoisotopic (exact) mass is 210 g/mol. The summed E-state index contributed by atoms with van der Waals surface area (Å²) in [6.45, 7) is 0. The van der Waals surface area contributed by atoms with Gasteiger partial charge in [-0.05, 0) is 6.07 Å². The van der Waals surface area contributed by atoms with E-state index in [1.165, 1.54) is 12.3 Å². The number of aromatic nitrogens is 2. The number of carbonyl (C=O) groups is 1. The van der Waals surface area contributed by atoms with Gasteiger partial charge in [-0.2, -0.15) is 5.10 Å². The number of hydrogen-bond acceptors (Lipinski definition) is 2. The van der Waals surface area contributed by atoms with Crippen LogP contribution < -0.4 is 0 Å². The number of nitrogens with zero attached hydrogens (tertiary/aromatic N) is 1. The van der Waals surface area contributed by atoms with Crippen LogP contribution in [-0.2, 0) is 0 Å². The Morgan fingerprint density at radius 2 is 2.17 bits per heavy atom. The largest absolute Gasteiger partial charge is 0.477 e. The van der Waals surface area contributed by atoms with Crippen molar-refractivity contribution < 1.29 is 9.90 Å². The van der Waals surface area contributed by atoms with Crippen LogP contribution in [0.4, 0.5) is 0 Å². The molecular formula is C6H8Cl2N2O2. The smallest absolute Gasteiger partial charge is 0.353 e. The normalized spacial score (nSPS) is 8.50. The van der Waals surface area contributed by atoms with E-state index in [0.29, 0.717) is 11.8 Å². The first-order valence-corrected chi connectivity index (χ1v) is 4.14. The number of H-pyrrole nitrogens is 1. The van der Waals surface area contributed by atoms with E-state index >= 15 is 0 Å². The summed E-state index contributed by atoms with van der Waals surface area (Å²) in [5.74, 6) is 0.130. The van der Waals surface area contributed by atoms with Crippen LogP contribution in [0.1, 0.15) is 10.5 Å². The Bertz CT molecular complexity index is 211. The Kier molecular flexibility index (Phi) is 6.51. The van der Waals surface area contributed by atoms with Gasteiger partial charge in [0.2, 0.25) is 0 Å². The summed E-state index contributed by atoms with van der Waals surface area (Å²) in [6, 6.07) is 1.39. The molecule has 1 heterocycles. The molecule has 1 aromatic heterocycles. The quantitative estimate of drug-likeness (QED) is 0.729. The summed E-state index contributed by atoms with van der Waals surface area (Å²) in [5.41, 5.74) is 0.116. The molecule has 0 aliphatic rings. The van der Waals surface area contributed by atoms with E-state index in [1.807, 2.05) is 0 Å². The van der Waals surface area contributed by atoms with E-state index in [9.17, 15) is 4.79 Å². The minimum Gasteiger partial charge on any atom is -0.477 e. The van der Waals surface area contributed by atoms with Crippen LogP contribution in [0.25, 0.3) is 0 Å². The van der Waals surface area contributed by atoms with Crippen molar-refractivity contribution in [1.82, 2.24) is 10.2 Å². The zero-order chi connectivity index (χ0) is 9.40. The Hall–Kier alpha value is -0.740. The molecule has 0 atom stereocenters. The van der Waals surface area contributed by atoms with Crippen LogP contribution in [0.15, 0.2) is 12.3 Å². The molecule has 0 saturated carbocycles. The van der Waals surface area contributed by atoms with Gasteiger partial charge in [-0.25, -0.2) is 4.79 Å². The summed E-state index contributed by atoms with van der Waals surface area (Å²) in [6.07, 6.45) is 1.39. The number of carboxylic acid groups (broad SMARTS) is 1. The lowest BCUT2D eigenvalue weighted by Gasteiger charge is -1.79. The summed E-state index contributed by atoms with van der Waals surface area (Å²) < 4.78 is 0. The second kappa shape index (κ2) is 6.94. The highest BCUT2D eigenvalue weighted by molar-refractivity contribution is 6.25. The number of nitrogens with one attached hydrogen (secondary N) is 1. The fourth-order valence-corrected chi connectivity index (χ4v) is 0.375. The van der Waals surface area contributed by atoms with Crippen molar-refractivity contribution in [3.05, 3.63) is 18.0 Å². The average Bonchev–Trinajstić information content (AvgIpc) is 2.57. The molecule has 12 heavy (non-hydrogen) atoms. The van der Waals surface area contributed by atoms with Gasteiger partial charge in [0.05, 0.1) is 0 Å². The van der Waals surface area contributed by atoms with E-state index in [1.54, 1.807) is 0 Å². The average molecular weight is 211 g/mol. The number of alkyl halides is 2. The third-order valence-electron chi connectivity index (χ3n) is 0.803. The fourth-order valence-electron chi connectivity index (χ4n) is 0.375. The molecule has 0 spiro atoms. The Morgan fingerprint density at radius 1 is 1.58 bits per heavy atom. The highest BCUT2D eigenvalue weighted by Crippen LogP contribution is 1.87. The van der Waals surface area contributed by atoms with E-state index < -0.39 is 5.97 Å². The van der Waals surface area contributed by atoms with Crippen LogP contribution in [-0.4, -0.2) is 33.0 Å². The van der Waals surface area contributed by atoms with E-state index in [2.05, 4.69) is 10.2 Å². The molecule has 68 valence electrons. The first-order chi connectivity index (χ1) is 5.72. The maximum Gasteiger partial charge on any atom is 0.353 e. The summed E-state index contributed by atoms with van der Waals surface area (Å²) >= 11 is 10.1. The van der Waals surface area contributed by atoms with Gasteiger partial charge in [0.1, 0.15) is 5.69 Å². The molecule has 1 rings (SSSR count). The number of rotatable bonds is 2. The first-order valence-electron chi connectivity index (χ1n) is 3.07. The van der Waals surface area contributed by atoms with Crippen LogP contribution in [0.3, 0.4) is 0 Å². The fraction of sp³-hybridized carbons (Fsp3) is 0.333. The second-order valence-corrected chi connectivity index (χ2v) is 2.41. The van der Waals surface area contributed by atoms with Crippen LogP contribution in [0, 0.1) is 0 Å². The summed E-state index contributed by atoms with van der Waals surface area (Å²) in [4.78, 5) is 9.99. The molecular weight excluding hydrogens is 203 g/mol. The van der Waals surface area contributed by atoms with Gasteiger partial charge in [-0.3, -0.25) is 5.10 Å². The van der Waals surface area contributed by atoms with Gasteiger partial charge in [-0.15, -0.1) is 23.2 Å². The van der Waals surface area contributed by atoms with Crippen molar-refractivity contribution in [2.75, 3.05) is 11.8 Å². The third kappa shape index (κ3) is 4.98. The lowest BCUT2D eigenvalue weighted by molar-refractivity contribution is 0.0690. The first kappa shape index (κ1) is 11.3. The molecule has 0 amide bonds. The molecule has 0 saturated heterocycles. The number of halogens is 2. The van der Waals surface area contributed by atoms with Crippen molar-refractivity contribution >= 4 is 29.2 Å². The maximum absolute atomic E-state index is 9.99. The maximum atomic E-state index is 9.99. The molecule has 4 nitrogen and oxygen atoms in total. The lowest BCUT2D eigenvalue weighted by Crippen LogP contribution is -1.95. The molecule has 0 aromatic carbocycles. The Labute approximate surface area is 79.5 Å². The molecule has 6 heteroatoms. The number of aromatic amines is 1. The predicted molar refractivity (Wildman–Crippen MR) is 47.0 cm³/mol. The summed E-state index contributed by atoms with van der Waals surface area (Å²) in [5, 5.41) is 13.9. The minimum atomic E-state index is -0.984. The Morgan fingerprint density at radius 3 is 2.33 bits per heavy atom. The number of carboxylic acids is 1. The minimum absolute atomic E-state index is 0.116. The zero-order valence-electron chi connectivity index (χ0n) is 6.13. The van der Waals surface area contributed by atoms with Crippen molar-refractivity contribution in [2.24, 2.45) is 0 Å². The van der Waals surface area contributed by atoms with Crippen molar-refractivity contribution in [3.63, 3.8) is 0 Å². The van der Waals surface area contributed by atoms with E-state index in [-0.39, 0.29) is 5.69 Å². The molecule has 0 unspecified atom stereocenters. The molecule has 0 aliphatic carbocycles. The molecule has 2 N–H and O–H groups in total. The van der Waals surface area contributed by atoms with E-state index in [4.69, 9.17) is 28.3 Å². The molecule has 0 bridgehead atoms. The zero-order valence-corrected chi connectivity index (χ0v) is 7.64. The number of hydrogen-bond donors (Lipinski definition) is 2. The van der Waals surface area contributed by atoms with Crippen molar-refractivity contribution in [3.8, 4) is 0 Å². The standard InChI is InChI=1S/C4H4N2O2.C2H4Cl2/c7-4(8)3-1-2-5-6-3;3-1-2-4/h1-2H,(H,5,6)(H,7,8);1-2H2. The van der Waals surface area contributed by atoms with Gasteiger partial charge >= 0.3 is 5.97 Å². The predicted octanol–water partition coefficient (Wildman–Crippen LogP) is 1.57.